The number of nitro benzene ring substituents is 1. The second-order valence-electron chi connectivity index (χ2n) is 4.42. The van der Waals surface area contributed by atoms with Crippen LogP contribution in [-0.2, 0) is 0 Å². The number of ether oxygens (including phenoxy) is 1. The van der Waals surface area contributed by atoms with E-state index in [4.69, 9.17) is 0 Å². The predicted molar refractivity (Wildman–Crippen MR) is 81.2 cm³/mol. The van der Waals surface area contributed by atoms with Crippen LogP contribution in [0.15, 0.2) is 53.6 Å². The zero-order chi connectivity index (χ0) is 17.5. The van der Waals surface area contributed by atoms with Crippen LogP contribution < -0.4 is 10.2 Å². The molecule has 24 heavy (non-hydrogen) atoms. The van der Waals surface area contributed by atoms with Crippen molar-refractivity contribution in [2.75, 3.05) is 0 Å². The zero-order valence-electron chi connectivity index (χ0n) is 12.1. The molecule has 0 saturated carbocycles. The highest BCUT2D eigenvalue weighted by Gasteiger charge is 2.14. The highest BCUT2D eigenvalue weighted by molar-refractivity contribution is 5.95. The minimum Gasteiger partial charge on any atom is -0.434 e. The van der Waals surface area contributed by atoms with E-state index in [0.717, 1.165) is 24.4 Å². The molecule has 0 unspecified atom stereocenters. The Bertz CT molecular complexity index is 767. The lowest BCUT2D eigenvalue weighted by Gasteiger charge is -2.07. The SMILES string of the molecule is O=C(NN=Cc1cc([N+](=O)[O-])ccc1OC(F)F)c1ccccc1. The number of alkyl halides is 2. The molecule has 0 fully saturated rings. The third-order valence-corrected chi connectivity index (χ3v) is 2.83. The van der Waals surface area contributed by atoms with Crippen molar-refractivity contribution in [1.29, 1.82) is 0 Å². The first-order valence-corrected chi connectivity index (χ1v) is 6.59. The van der Waals surface area contributed by atoms with Gasteiger partial charge in [-0.25, -0.2) is 5.43 Å². The van der Waals surface area contributed by atoms with Crippen LogP contribution in [0.2, 0.25) is 0 Å². The van der Waals surface area contributed by atoms with Crippen LogP contribution in [0.5, 0.6) is 5.75 Å². The summed E-state index contributed by atoms with van der Waals surface area (Å²) < 4.78 is 29.0. The molecule has 0 aliphatic carbocycles. The molecule has 2 aromatic rings. The molecule has 9 heteroatoms. The summed E-state index contributed by atoms with van der Waals surface area (Å²) in [5.41, 5.74) is 2.14. The number of non-ortho nitro benzene ring substituents is 1. The number of hydrogen-bond donors (Lipinski definition) is 1. The molecule has 0 spiro atoms. The van der Waals surface area contributed by atoms with Crippen molar-refractivity contribution < 1.29 is 23.2 Å². The fourth-order valence-electron chi connectivity index (χ4n) is 1.77. The van der Waals surface area contributed by atoms with Gasteiger partial charge >= 0.3 is 6.61 Å². The first kappa shape index (κ1) is 17.0. The van der Waals surface area contributed by atoms with Gasteiger partial charge in [0.05, 0.1) is 11.1 Å². The van der Waals surface area contributed by atoms with Crippen molar-refractivity contribution in [2.45, 2.75) is 6.61 Å². The minimum atomic E-state index is -3.10. The normalized spacial score (nSPS) is 10.8. The molecule has 0 bridgehead atoms. The lowest BCUT2D eigenvalue weighted by Crippen LogP contribution is -2.17. The highest BCUT2D eigenvalue weighted by Crippen LogP contribution is 2.24. The fourth-order valence-corrected chi connectivity index (χ4v) is 1.77. The van der Waals surface area contributed by atoms with Gasteiger partial charge in [-0.1, -0.05) is 18.2 Å². The molecule has 1 amide bonds. The van der Waals surface area contributed by atoms with Gasteiger partial charge in [-0.05, 0) is 18.2 Å². The van der Waals surface area contributed by atoms with Gasteiger partial charge in [-0.15, -0.1) is 0 Å². The molecule has 1 N–H and O–H groups in total. The van der Waals surface area contributed by atoms with E-state index in [1.165, 1.54) is 0 Å². The molecule has 0 saturated heterocycles. The Morgan fingerprint density at radius 2 is 1.96 bits per heavy atom. The molecule has 0 atom stereocenters. The topological polar surface area (TPSA) is 93.8 Å². The second kappa shape index (κ2) is 7.77. The molecule has 0 aliphatic heterocycles. The number of rotatable bonds is 6. The smallest absolute Gasteiger partial charge is 0.387 e. The molecule has 2 aromatic carbocycles. The van der Waals surface area contributed by atoms with Gasteiger partial charge < -0.3 is 4.74 Å². The number of hydrazone groups is 1. The maximum atomic E-state index is 12.4. The lowest BCUT2D eigenvalue weighted by atomic mass is 10.2. The Kier molecular flexibility index (Phi) is 5.50. The van der Waals surface area contributed by atoms with Crippen LogP contribution in [0.25, 0.3) is 0 Å². The molecule has 2 rings (SSSR count). The Hall–Kier alpha value is -3.36. The number of carbonyl (C=O) groups excluding carboxylic acids is 1. The summed E-state index contributed by atoms with van der Waals surface area (Å²) in [4.78, 5) is 21.9. The molecule has 124 valence electrons. The standard InChI is InChI=1S/C15H11F2N3O4/c16-15(17)24-13-7-6-12(20(22)23)8-11(13)9-18-19-14(21)10-4-2-1-3-5-10/h1-9,15H,(H,19,21). The van der Waals surface area contributed by atoms with E-state index in [0.29, 0.717) is 5.56 Å². The third-order valence-electron chi connectivity index (χ3n) is 2.83. The predicted octanol–water partition coefficient (Wildman–Crippen LogP) is 2.96. The molecule has 0 radical (unpaired) electrons. The van der Waals surface area contributed by atoms with Gasteiger partial charge in [0.1, 0.15) is 5.75 Å². The summed E-state index contributed by atoms with van der Waals surface area (Å²) in [6.45, 7) is -3.10. The van der Waals surface area contributed by atoms with Crippen molar-refractivity contribution in [3.63, 3.8) is 0 Å². The highest BCUT2D eigenvalue weighted by atomic mass is 19.3. The van der Waals surface area contributed by atoms with E-state index in [2.05, 4.69) is 15.3 Å². The van der Waals surface area contributed by atoms with E-state index >= 15 is 0 Å². The van der Waals surface area contributed by atoms with Crippen LogP contribution in [-0.4, -0.2) is 23.7 Å². The van der Waals surface area contributed by atoms with E-state index in [1.54, 1.807) is 30.3 Å². The van der Waals surface area contributed by atoms with Crippen LogP contribution >= 0.6 is 0 Å². The number of carbonyl (C=O) groups is 1. The summed E-state index contributed by atoms with van der Waals surface area (Å²) in [5, 5.41) is 14.4. The van der Waals surface area contributed by atoms with Crippen molar-refractivity contribution in [3.05, 3.63) is 69.8 Å². The summed E-state index contributed by atoms with van der Waals surface area (Å²) >= 11 is 0. The average molecular weight is 335 g/mol. The third kappa shape index (κ3) is 4.57. The number of amides is 1. The number of nitro groups is 1. The lowest BCUT2D eigenvalue weighted by molar-refractivity contribution is -0.384. The number of nitrogens with one attached hydrogen (secondary N) is 1. The van der Waals surface area contributed by atoms with Crippen LogP contribution in [0.4, 0.5) is 14.5 Å². The number of nitrogens with zero attached hydrogens (tertiary/aromatic N) is 2. The largest absolute Gasteiger partial charge is 0.434 e. The fraction of sp³-hybridized carbons (Fsp3) is 0.0667. The van der Waals surface area contributed by atoms with Crippen molar-refractivity contribution in [3.8, 4) is 5.75 Å². The van der Waals surface area contributed by atoms with Crippen LogP contribution in [0.1, 0.15) is 15.9 Å². The van der Waals surface area contributed by atoms with Gasteiger partial charge in [0.15, 0.2) is 0 Å². The van der Waals surface area contributed by atoms with Crippen molar-refractivity contribution in [1.82, 2.24) is 5.43 Å². The summed E-state index contributed by atoms with van der Waals surface area (Å²) in [6.07, 6.45) is 0.992. The number of halogens is 2. The van der Waals surface area contributed by atoms with Gasteiger partial charge in [0.25, 0.3) is 11.6 Å². The minimum absolute atomic E-state index is 0.0714. The van der Waals surface area contributed by atoms with E-state index < -0.39 is 17.4 Å². The van der Waals surface area contributed by atoms with E-state index in [9.17, 15) is 23.7 Å². The molecule has 0 aromatic heterocycles. The Balaban J connectivity index is 2.18. The maximum Gasteiger partial charge on any atom is 0.387 e. The van der Waals surface area contributed by atoms with Gasteiger partial charge in [0, 0.05) is 23.3 Å². The average Bonchev–Trinajstić information content (AvgIpc) is 2.56. The van der Waals surface area contributed by atoms with Crippen LogP contribution in [0.3, 0.4) is 0 Å². The Morgan fingerprint density at radius 3 is 2.58 bits per heavy atom. The van der Waals surface area contributed by atoms with Crippen molar-refractivity contribution in [2.24, 2.45) is 5.10 Å². The molecular formula is C15H11F2N3O4. The Morgan fingerprint density at radius 1 is 1.25 bits per heavy atom. The van der Waals surface area contributed by atoms with Crippen LogP contribution in [0, 0.1) is 10.1 Å². The summed E-state index contributed by atoms with van der Waals surface area (Å²) in [7, 11) is 0. The monoisotopic (exact) mass is 335 g/mol. The number of hydrogen-bond acceptors (Lipinski definition) is 5. The van der Waals surface area contributed by atoms with Gasteiger partial charge in [0.2, 0.25) is 0 Å². The van der Waals surface area contributed by atoms with E-state index in [1.807, 2.05) is 0 Å². The summed E-state index contributed by atoms with van der Waals surface area (Å²) in [5.74, 6) is -0.818. The summed E-state index contributed by atoms with van der Waals surface area (Å²) in [6, 6.07) is 11.2. The molecule has 7 nitrogen and oxygen atoms in total. The molecule has 0 heterocycles. The molecule has 0 aliphatic rings. The first-order chi connectivity index (χ1) is 11.5. The zero-order valence-corrected chi connectivity index (χ0v) is 12.1. The van der Waals surface area contributed by atoms with E-state index in [-0.39, 0.29) is 17.0 Å². The van der Waals surface area contributed by atoms with Crippen molar-refractivity contribution >= 4 is 17.8 Å². The molecular weight excluding hydrogens is 324 g/mol. The first-order valence-electron chi connectivity index (χ1n) is 6.59. The van der Waals surface area contributed by atoms with Gasteiger partial charge in [-0.2, -0.15) is 13.9 Å². The second-order valence-corrected chi connectivity index (χ2v) is 4.42. The van der Waals surface area contributed by atoms with Gasteiger partial charge in [-0.3, -0.25) is 14.9 Å². The number of benzene rings is 2. The quantitative estimate of drug-likeness (QED) is 0.499. The Labute approximate surface area is 134 Å². The maximum absolute atomic E-state index is 12.4.